The summed E-state index contributed by atoms with van der Waals surface area (Å²) in [5.41, 5.74) is -0.247. The highest BCUT2D eigenvalue weighted by molar-refractivity contribution is 5.52. The molecule has 2 rings (SSSR count). The van der Waals surface area contributed by atoms with Gasteiger partial charge >= 0.3 is 6.18 Å². The van der Waals surface area contributed by atoms with E-state index in [4.69, 9.17) is 0 Å². The van der Waals surface area contributed by atoms with Gasteiger partial charge in [0.15, 0.2) is 0 Å². The molecule has 4 heteroatoms. The Morgan fingerprint density at radius 2 is 1.78 bits per heavy atom. The van der Waals surface area contributed by atoms with Gasteiger partial charge in [-0.2, -0.15) is 13.2 Å². The van der Waals surface area contributed by atoms with Crippen LogP contribution in [0.3, 0.4) is 0 Å². The van der Waals surface area contributed by atoms with Crippen LogP contribution in [-0.2, 0) is 6.18 Å². The first-order valence-electron chi connectivity index (χ1n) is 6.31. The number of hydrogen-bond acceptors (Lipinski definition) is 1. The molecule has 1 fully saturated rings. The van der Waals surface area contributed by atoms with Gasteiger partial charge in [0.1, 0.15) is 0 Å². The summed E-state index contributed by atoms with van der Waals surface area (Å²) in [6.45, 7) is 2.75. The zero-order chi connectivity index (χ0) is 13.2. The van der Waals surface area contributed by atoms with Gasteiger partial charge in [-0.15, -0.1) is 0 Å². The number of halogens is 3. The highest BCUT2D eigenvalue weighted by atomic mass is 19.4. The smallest absolute Gasteiger partial charge is 0.384 e. The van der Waals surface area contributed by atoms with E-state index in [0.29, 0.717) is 6.54 Å². The second-order valence-corrected chi connectivity index (χ2v) is 5.41. The van der Waals surface area contributed by atoms with Crippen molar-refractivity contribution >= 4 is 5.69 Å². The van der Waals surface area contributed by atoms with E-state index >= 15 is 0 Å². The van der Waals surface area contributed by atoms with E-state index in [1.54, 1.807) is 6.07 Å². The van der Waals surface area contributed by atoms with Crippen LogP contribution in [-0.4, -0.2) is 6.54 Å². The van der Waals surface area contributed by atoms with Gasteiger partial charge in [0.2, 0.25) is 0 Å². The van der Waals surface area contributed by atoms with E-state index in [-0.39, 0.29) is 11.1 Å². The molecule has 1 saturated carbocycles. The molecule has 0 bridgehead atoms. The van der Waals surface area contributed by atoms with Gasteiger partial charge in [0.25, 0.3) is 0 Å². The number of anilines is 1. The van der Waals surface area contributed by atoms with Crippen LogP contribution in [0.15, 0.2) is 24.3 Å². The quantitative estimate of drug-likeness (QED) is 0.827. The van der Waals surface area contributed by atoms with E-state index < -0.39 is 11.7 Å². The molecule has 0 aromatic heterocycles. The number of rotatable bonds is 3. The van der Waals surface area contributed by atoms with Crippen LogP contribution >= 0.6 is 0 Å². The molecule has 0 heterocycles. The van der Waals surface area contributed by atoms with Crippen molar-refractivity contribution in [2.75, 3.05) is 11.9 Å². The maximum Gasteiger partial charge on any atom is 0.418 e. The van der Waals surface area contributed by atoms with E-state index in [9.17, 15) is 13.2 Å². The van der Waals surface area contributed by atoms with Gasteiger partial charge in [-0.1, -0.05) is 31.9 Å². The monoisotopic (exact) mass is 257 g/mol. The number of benzene rings is 1. The lowest BCUT2D eigenvalue weighted by Gasteiger charge is -2.25. The van der Waals surface area contributed by atoms with Crippen LogP contribution in [0.1, 0.15) is 38.2 Å². The third-order valence-corrected chi connectivity index (χ3v) is 3.75. The Kier molecular flexibility index (Phi) is 3.55. The largest absolute Gasteiger partial charge is 0.418 e. The first kappa shape index (κ1) is 13.2. The maximum absolute atomic E-state index is 12.8. The van der Waals surface area contributed by atoms with Crippen LogP contribution in [0, 0.1) is 5.41 Å². The van der Waals surface area contributed by atoms with E-state index in [0.717, 1.165) is 18.9 Å². The van der Waals surface area contributed by atoms with Crippen LogP contribution in [0.2, 0.25) is 0 Å². The summed E-state index contributed by atoms with van der Waals surface area (Å²) in [5, 5.41) is 2.98. The minimum absolute atomic E-state index is 0.138. The molecule has 1 aromatic rings. The van der Waals surface area contributed by atoms with Gasteiger partial charge in [-0.3, -0.25) is 0 Å². The van der Waals surface area contributed by atoms with Crippen molar-refractivity contribution in [2.45, 2.75) is 38.8 Å². The summed E-state index contributed by atoms with van der Waals surface area (Å²) in [7, 11) is 0. The lowest BCUT2D eigenvalue weighted by Crippen LogP contribution is -2.24. The SMILES string of the molecule is CC1(CNc2ccccc2C(F)(F)F)CCCC1. The number of alkyl halides is 3. The van der Waals surface area contributed by atoms with Crippen molar-refractivity contribution in [3.63, 3.8) is 0 Å². The van der Waals surface area contributed by atoms with Crippen molar-refractivity contribution in [3.8, 4) is 0 Å². The molecule has 0 amide bonds. The Balaban J connectivity index is 2.10. The molecule has 0 unspecified atom stereocenters. The summed E-state index contributed by atoms with van der Waals surface area (Å²) < 4.78 is 38.4. The normalized spacial score (nSPS) is 18.9. The van der Waals surface area contributed by atoms with E-state index in [1.165, 1.54) is 25.0 Å². The molecule has 1 nitrogen and oxygen atoms in total. The van der Waals surface area contributed by atoms with Crippen molar-refractivity contribution in [3.05, 3.63) is 29.8 Å². The maximum atomic E-state index is 12.8. The summed E-state index contributed by atoms with van der Waals surface area (Å²) in [6, 6.07) is 5.68. The summed E-state index contributed by atoms with van der Waals surface area (Å²) in [5.74, 6) is 0. The Morgan fingerprint density at radius 1 is 1.17 bits per heavy atom. The van der Waals surface area contributed by atoms with Gasteiger partial charge in [0, 0.05) is 12.2 Å². The molecule has 0 spiro atoms. The molecule has 1 aromatic carbocycles. The third-order valence-electron chi connectivity index (χ3n) is 3.75. The fourth-order valence-corrected chi connectivity index (χ4v) is 2.60. The van der Waals surface area contributed by atoms with Crippen LogP contribution < -0.4 is 5.32 Å². The van der Waals surface area contributed by atoms with Gasteiger partial charge < -0.3 is 5.32 Å². The van der Waals surface area contributed by atoms with Crippen molar-refractivity contribution in [2.24, 2.45) is 5.41 Å². The Bertz CT molecular complexity index is 406. The molecule has 1 aliphatic carbocycles. The number of hydrogen-bond donors (Lipinski definition) is 1. The van der Waals surface area contributed by atoms with Crippen molar-refractivity contribution in [1.29, 1.82) is 0 Å². The van der Waals surface area contributed by atoms with Crippen LogP contribution in [0.4, 0.5) is 18.9 Å². The number of para-hydroxylation sites is 1. The second-order valence-electron chi connectivity index (χ2n) is 5.41. The van der Waals surface area contributed by atoms with Crippen molar-refractivity contribution < 1.29 is 13.2 Å². The highest BCUT2D eigenvalue weighted by Crippen LogP contribution is 2.39. The zero-order valence-corrected chi connectivity index (χ0v) is 10.5. The molecule has 1 N–H and O–H groups in total. The molecule has 0 atom stereocenters. The lowest BCUT2D eigenvalue weighted by atomic mass is 9.89. The fourth-order valence-electron chi connectivity index (χ4n) is 2.60. The molecular formula is C14H18F3N. The average Bonchev–Trinajstić information content (AvgIpc) is 2.73. The first-order valence-corrected chi connectivity index (χ1v) is 6.31. The van der Waals surface area contributed by atoms with E-state index in [2.05, 4.69) is 12.2 Å². The minimum atomic E-state index is -4.29. The summed E-state index contributed by atoms with van der Waals surface area (Å²) >= 11 is 0. The predicted molar refractivity (Wildman–Crippen MR) is 66.5 cm³/mol. The lowest BCUT2D eigenvalue weighted by molar-refractivity contribution is -0.137. The molecule has 1 aliphatic rings. The Labute approximate surface area is 105 Å². The highest BCUT2D eigenvalue weighted by Gasteiger charge is 2.34. The minimum Gasteiger partial charge on any atom is -0.384 e. The van der Waals surface area contributed by atoms with Crippen LogP contribution in [0.5, 0.6) is 0 Å². The fraction of sp³-hybridized carbons (Fsp3) is 0.571. The summed E-state index contributed by atoms with van der Waals surface area (Å²) in [4.78, 5) is 0. The topological polar surface area (TPSA) is 12.0 Å². The van der Waals surface area contributed by atoms with Crippen LogP contribution in [0.25, 0.3) is 0 Å². The molecule has 18 heavy (non-hydrogen) atoms. The Morgan fingerprint density at radius 3 is 2.39 bits per heavy atom. The molecule has 0 radical (unpaired) electrons. The summed E-state index contributed by atoms with van der Waals surface area (Å²) in [6.07, 6.45) is 0.251. The third kappa shape index (κ3) is 2.98. The zero-order valence-electron chi connectivity index (χ0n) is 10.5. The Hall–Kier alpha value is -1.19. The molecule has 0 aliphatic heterocycles. The second kappa shape index (κ2) is 4.82. The molecule has 0 saturated heterocycles. The first-order chi connectivity index (χ1) is 8.41. The van der Waals surface area contributed by atoms with Gasteiger partial charge in [-0.05, 0) is 30.4 Å². The van der Waals surface area contributed by atoms with E-state index in [1.807, 2.05) is 0 Å². The molecule has 100 valence electrons. The van der Waals surface area contributed by atoms with Gasteiger partial charge in [0.05, 0.1) is 5.56 Å². The standard InChI is InChI=1S/C14H18F3N/c1-13(8-4-5-9-13)10-18-12-7-3-2-6-11(12)14(15,16)17/h2-3,6-7,18H,4-5,8-10H2,1H3. The van der Waals surface area contributed by atoms with Crippen molar-refractivity contribution in [1.82, 2.24) is 0 Å². The predicted octanol–water partition coefficient (Wildman–Crippen LogP) is 4.70. The molecular weight excluding hydrogens is 239 g/mol. The van der Waals surface area contributed by atoms with Gasteiger partial charge in [-0.25, -0.2) is 0 Å². The average molecular weight is 257 g/mol. The number of nitrogens with one attached hydrogen (secondary N) is 1.